The molecule has 0 spiro atoms. The van der Waals surface area contributed by atoms with Crippen LogP contribution in [0.15, 0.2) is 66.0 Å². The first-order valence-corrected chi connectivity index (χ1v) is 10.3. The number of thiophene rings is 1. The van der Waals surface area contributed by atoms with Crippen LogP contribution < -0.4 is 11.0 Å². The Morgan fingerprint density at radius 1 is 1.13 bits per heavy atom. The van der Waals surface area contributed by atoms with Crippen LogP contribution in [0.4, 0.5) is 0 Å². The third-order valence-electron chi connectivity index (χ3n) is 4.71. The molecule has 3 aromatic heterocycles. The largest absolute Gasteiger partial charge is 0.351 e. The van der Waals surface area contributed by atoms with Gasteiger partial charge in [-0.2, -0.15) is 5.10 Å². The second kappa shape index (κ2) is 8.46. The molecule has 1 N–H and O–H groups in total. The lowest BCUT2D eigenvalue weighted by Crippen LogP contribution is -2.24. The average Bonchev–Trinajstić information content (AvgIpc) is 3.31. The van der Waals surface area contributed by atoms with Gasteiger partial charge in [-0.05, 0) is 42.7 Å². The molecule has 30 heavy (non-hydrogen) atoms. The smallest absolute Gasteiger partial charge is 0.347 e. The molecule has 0 aliphatic carbocycles. The van der Waals surface area contributed by atoms with Crippen molar-refractivity contribution in [2.75, 3.05) is 0 Å². The second-order valence-electron chi connectivity index (χ2n) is 7.07. The first-order valence-electron chi connectivity index (χ1n) is 9.49. The van der Waals surface area contributed by atoms with Crippen LogP contribution in [0.1, 0.15) is 31.9 Å². The van der Waals surface area contributed by atoms with E-state index in [2.05, 4.69) is 15.4 Å². The van der Waals surface area contributed by atoms with E-state index in [9.17, 15) is 9.59 Å². The summed E-state index contributed by atoms with van der Waals surface area (Å²) in [6.45, 7) is 4.68. The molecule has 1 aromatic carbocycles. The van der Waals surface area contributed by atoms with Crippen LogP contribution in [-0.2, 0) is 13.1 Å². The number of hydrogen-bond donors (Lipinski definition) is 1. The van der Waals surface area contributed by atoms with Crippen molar-refractivity contribution in [3.8, 4) is 5.00 Å². The van der Waals surface area contributed by atoms with Gasteiger partial charge in [0, 0.05) is 18.9 Å². The lowest BCUT2D eigenvalue weighted by molar-refractivity contribution is 0.0954. The highest BCUT2D eigenvalue weighted by Crippen LogP contribution is 2.24. The molecule has 3 heterocycles. The van der Waals surface area contributed by atoms with Gasteiger partial charge in [-0.15, -0.1) is 11.3 Å². The molecule has 0 saturated heterocycles. The Morgan fingerprint density at radius 2 is 1.93 bits per heavy atom. The molecule has 8 heteroatoms. The van der Waals surface area contributed by atoms with Gasteiger partial charge in [-0.25, -0.2) is 14.0 Å². The molecule has 0 saturated carbocycles. The van der Waals surface area contributed by atoms with Gasteiger partial charge in [0.15, 0.2) is 0 Å². The molecule has 7 nitrogen and oxygen atoms in total. The lowest BCUT2D eigenvalue weighted by Gasteiger charge is -2.04. The van der Waals surface area contributed by atoms with E-state index < -0.39 is 0 Å². The number of hydrogen-bond acceptors (Lipinski definition) is 5. The maximum absolute atomic E-state index is 12.8. The van der Waals surface area contributed by atoms with E-state index in [4.69, 9.17) is 0 Å². The zero-order chi connectivity index (χ0) is 21.1. The number of carbonyl (C=O) groups excluding carboxylic acids is 1. The van der Waals surface area contributed by atoms with Crippen LogP contribution in [0.2, 0.25) is 0 Å². The number of carbonyl (C=O) groups is 1. The number of rotatable bonds is 6. The van der Waals surface area contributed by atoms with Gasteiger partial charge in [-0.1, -0.05) is 35.9 Å². The number of aromatic nitrogens is 4. The number of nitrogens with one attached hydrogen (secondary N) is 1. The van der Waals surface area contributed by atoms with E-state index >= 15 is 0 Å². The van der Waals surface area contributed by atoms with Crippen molar-refractivity contribution < 1.29 is 4.79 Å². The molecule has 4 aromatic rings. The minimum absolute atomic E-state index is 0.173. The monoisotopic (exact) mass is 419 g/mol. The minimum Gasteiger partial charge on any atom is -0.347 e. The van der Waals surface area contributed by atoms with Crippen molar-refractivity contribution in [2.24, 2.45) is 0 Å². The summed E-state index contributed by atoms with van der Waals surface area (Å²) in [7, 11) is 0. The first-order chi connectivity index (χ1) is 14.5. The maximum Gasteiger partial charge on any atom is 0.351 e. The van der Waals surface area contributed by atoms with Crippen molar-refractivity contribution in [3.05, 3.63) is 98.8 Å². The SMILES string of the molecule is Cc1ccc(Cn2ncn(-c3cc(C)c(C(=O)NCc4cccnc4)s3)c2=O)cc1. The standard InChI is InChI=1S/C22H21N5O2S/c1-15-5-7-17(8-6-15)13-27-22(29)26(14-25-27)19-10-16(2)20(30-19)21(28)24-12-18-4-3-9-23-11-18/h3-11,14H,12-13H2,1-2H3,(H,24,28). The zero-order valence-corrected chi connectivity index (χ0v) is 17.5. The minimum atomic E-state index is -0.237. The topological polar surface area (TPSA) is 81.8 Å². The van der Waals surface area contributed by atoms with Gasteiger partial charge in [0.1, 0.15) is 11.3 Å². The van der Waals surface area contributed by atoms with Gasteiger partial charge in [0.2, 0.25) is 0 Å². The van der Waals surface area contributed by atoms with E-state index in [1.54, 1.807) is 12.4 Å². The molecule has 0 aliphatic heterocycles. The summed E-state index contributed by atoms with van der Waals surface area (Å²) in [6.07, 6.45) is 4.91. The van der Waals surface area contributed by atoms with Crippen LogP contribution in [0, 0.1) is 13.8 Å². The molecule has 152 valence electrons. The molecule has 0 radical (unpaired) electrons. The predicted molar refractivity (Wildman–Crippen MR) is 116 cm³/mol. The summed E-state index contributed by atoms with van der Waals surface area (Å²) in [5.41, 5.74) is 3.68. The molecule has 0 atom stereocenters. The van der Waals surface area contributed by atoms with Crippen molar-refractivity contribution in [2.45, 2.75) is 26.9 Å². The third-order valence-corrected chi connectivity index (χ3v) is 5.95. The van der Waals surface area contributed by atoms with Crippen LogP contribution in [-0.4, -0.2) is 25.2 Å². The number of benzene rings is 1. The Kier molecular flexibility index (Phi) is 5.58. The third kappa shape index (κ3) is 4.23. The Bertz CT molecular complexity index is 1220. The molecule has 0 fully saturated rings. The Labute approximate surface area is 177 Å². The van der Waals surface area contributed by atoms with Gasteiger partial charge in [0.05, 0.1) is 11.4 Å². The Hall–Kier alpha value is -3.52. The fraction of sp³-hybridized carbons (Fsp3) is 0.182. The van der Waals surface area contributed by atoms with E-state index in [-0.39, 0.29) is 11.6 Å². The van der Waals surface area contributed by atoms with Crippen LogP contribution in [0.3, 0.4) is 0 Å². The fourth-order valence-corrected chi connectivity index (χ4v) is 4.09. The van der Waals surface area contributed by atoms with Crippen molar-refractivity contribution in [3.63, 3.8) is 0 Å². The summed E-state index contributed by atoms with van der Waals surface area (Å²) in [5.74, 6) is -0.173. The molecule has 1 amide bonds. The van der Waals surface area contributed by atoms with Crippen molar-refractivity contribution in [1.29, 1.82) is 0 Å². The average molecular weight is 420 g/mol. The summed E-state index contributed by atoms with van der Waals surface area (Å²) in [5, 5.41) is 7.80. The quantitative estimate of drug-likeness (QED) is 0.521. The molecule has 4 rings (SSSR count). The van der Waals surface area contributed by atoms with E-state index in [1.807, 2.05) is 56.3 Å². The van der Waals surface area contributed by atoms with E-state index in [1.165, 1.54) is 32.5 Å². The summed E-state index contributed by atoms with van der Waals surface area (Å²) in [4.78, 5) is 30.0. The highest BCUT2D eigenvalue weighted by atomic mass is 32.1. The van der Waals surface area contributed by atoms with Gasteiger partial charge in [0.25, 0.3) is 5.91 Å². The maximum atomic E-state index is 12.8. The summed E-state index contributed by atoms with van der Waals surface area (Å²) >= 11 is 1.27. The van der Waals surface area contributed by atoms with Crippen LogP contribution in [0.5, 0.6) is 0 Å². The van der Waals surface area contributed by atoms with Gasteiger partial charge < -0.3 is 5.32 Å². The van der Waals surface area contributed by atoms with E-state index in [0.717, 1.165) is 16.7 Å². The summed E-state index contributed by atoms with van der Waals surface area (Å²) in [6, 6.07) is 13.6. The fourth-order valence-electron chi connectivity index (χ4n) is 3.04. The van der Waals surface area contributed by atoms with Crippen LogP contribution in [0.25, 0.3) is 5.00 Å². The predicted octanol–water partition coefficient (Wildman–Crippen LogP) is 3.09. The Morgan fingerprint density at radius 3 is 2.67 bits per heavy atom. The molecular formula is C22H21N5O2S. The molecule has 0 aliphatic rings. The molecular weight excluding hydrogens is 398 g/mol. The molecule has 0 bridgehead atoms. The van der Waals surface area contributed by atoms with Crippen molar-refractivity contribution in [1.82, 2.24) is 24.6 Å². The van der Waals surface area contributed by atoms with Gasteiger partial charge >= 0.3 is 5.69 Å². The Balaban J connectivity index is 1.51. The number of pyridine rings is 1. The number of amides is 1. The summed E-state index contributed by atoms with van der Waals surface area (Å²) < 4.78 is 2.89. The number of nitrogens with zero attached hydrogens (tertiary/aromatic N) is 4. The lowest BCUT2D eigenvalue weighted by atomic mass is 10.1. The second-order valence-corrected chi connectivity index (χ2v) is 8.10. The normalized spacial score (nSPS) is 10.9. The van der Waals surface area contributed by atoms with E-state index in [0.29, 0.717) is 23.0 Å². The van der Waals surface area contributed by atoms with Crippen molar-refractivity contribution >= 4 is 17.2 Å². The molecule has 0 unspecified atom stereocenters. The van der Waals surface area contributed by atoms with Gasteiger partial charge in [-0.3, -0.25) is 9.78 Å². The number of aryl methyl sites for hydroxylation is 2. The zero-order valence-electron chi connectivity index (χ0n) is 16.7. The highest BCUT2D eigenvalue weighted by molar-refractivity contribution is 7.16. The first kappa shape index (κ1) is 19.8. The van der Waals surface area contributed by atoms with Crippen LogP contribution >= 0.6 is 11.3 Å². The highest BCUT2D eigenvalue weighted by Gasteiger charge is 2.17.